The van der Waals surface area contributed by atoms with Gasteiger partial charge in [-0.25, -0.2) is 4.79 Å². The molecule has 0 bridgehead atoms. The van der Waals surface area contributed by atoms with E-state index in [2.05, 4.69) is 79.3 Å². The van der Waals surface area contributed by atoms with E-state index >= 15 is 0 Å². The minimum atomic E-state index is -0.858. The van der Waals surface area contributed by atoms with Gasteiger partial charge < -0.3 is 24.1 Å². The Bertz CT molecular complexity index is 3400. The number of hydrogen-bond donors (Lipinski definition) is 2. The van der Waals surface area contributed by atoms with Gasteiger partial charge in [0.25, 0.3) is 0 Å². The molecule has 0 aromatic carbocycles. The number of rotatable bonds is 28. The second-order valence-corrected chi connectivity index (χ2v) is 27.6. The highest BCUT2D eigenvalue weighted by atomic mass is 32.1. The maximum atomic E-state index is 11.8. The van der Waals surface area contributed by atoms with Crippen molar-refractivity contribution in [3.05, 3.63) is 76.7 Å². The van der Waals surface area contributed by atoms with Crippen molar-refractivity contribution in [3.63, 3.8) is 0 Å². The van der Waals surface area contributed by atoms with Crippen LogP contribution in [0.1, 0.15) is 151 Å². The smallest absolute Gasteiger partial charge is 0.345 e. The number of aliphatic hydroxyl groups excluding tert-OH is 1. The Morgan fingerprint density at radius 2 is 0.847 bits per heavy atom. The van der Waals surface area contributed by atoms with Gasteiger partial charge in [0.05, 0.1) is 40.9 Å². The van der Waals surface area contributed by atoms with Gasteiger partial charge in [0.15, 0.2) is 11.9 Å². The minimum Gasteiger partial charge on any atom is -0.477 e. The van der Waals surface area contributed by atoms with Crippen molar-refractivity contribution in [1.82, 2.24) is 9.13 Å². The number of unbranched alkanes of at least 4 members (excludes halogenated alkanes) is 12. The van der Waals surface area contributed by atoms with Crippen LogP contribution in [0.5, 0.6) is 5.06 Å². The monoisotopic (exact) mass is 1110 g/mol. The Labute approximate surface area is 456 Å². The van der Waals surface area contributed by atoms with Crippen LogP contribution >= 0.6 is 90.7 Å². The summed E-state index contributed by atoms with van der Waals surface area (Å²) in [4.78, 5) is 25.3. The molecule has 6 nitrogen and oxygen atoms in total. The summed E-state index contributed by atoms with van der Waals surface area (Å²) in [6.45, 7) is 10.9. The molecule has 0 saturated heterocycles. The predicted octanol–water partition coefficient (Wildman–Crippen LogP) is 21.2. The summed E-state index contributed by atoms with van der Waals surface area (Å²) in [6.07, 6.45) is 21.9. The van der Waals surface area contributed by atoms with Gasteiger partial charge in [-0.1, -0.05) is 116 Å². The summed E-state index contributed by atoms with van der Waals surface area (Å²) in [6, 6.07) is 22.7. The van der Waals surface area contributed by atoms with Gasteiger partial charge in [0, 0.05) is 61.9 Å². The first-order valence-corrected chi connectivity index (χ1v) is 32.9. The van der Waals surface area contributed by atoms with Crippen molar-refractivity contribution in [2.45, 2.75) is 156 Å². The molecule has 0 saturated carbocycles. The fourth-order valence-electron chi connectivity index (χ4n) is 10.1. The van der Waals surface area contributed by atoms with Gasteiger partial charge in [-0.2, -0.15) is 0 Å². The molecule has 0 unspecified atom stereocenters. The Morgan fingerprint density at radius 1 is 0.444 bits per heavy atom. The first kappa shape index (κ1) is 51.9. The van der Waals surface area contributed by atoms with Gasteiger partial charge in [-0.05, 0) is 110 Å². The molecule has 0 amide bonds. The number of carboxylic acids is 1. The summed E-state index contributed by atoms with van der Waals surface area (Å²) < 4.78 is 16.1. The molecule has 0 aliphatic carbocycles. The van der Waals surface area contributed by atoms with E-state index < -0.39 is 5.97 Å². The molecule has 0 atom stereocenters. The molecule has 380 valence electrons. The number of aliphatic hydroxyl groups is 1. The molecule has 0 aliphatic heterocycles. The highest BCUT2D eigenvalue weighted by molar-refractivity contribution is 7.35. The zero-order valence-electron chi connectivity index (χ0n) is 42.0. The van der Waals surface area contributed by atoms with Gasteiger partial charge in [-0.3, -0.25) is 0 Å². The molecule has 10 rings (SSSR count). The summed E-state index contributed by atoms with van der Waals surface area (Å²) in [5.41, 5.74) is 8.34. The lowest BCUT2D eigenvalue weighted by atomic mass is 10.0. The van der Waals surface area contributed by atoms with E-state index in [-0.39, 0.29) is 6.79 Å². The molecule has 14 heteroatoms. The van der Waals surface area contributed by atoms with Crippen LogP contribution in [-0.4, -0.2) is 32.1 Å². The Balaban J connectivity index is 1.05. The number of ether oxygens (including phenoxy) is 1. The zero-order chi connectivity index (χ0) is 49.7. The van der Waals surface area contributed by atoms with Crippen LogP contribution in [0.25, 0.3) is 89.6 Å². The van der Waals surface area contributed by atoms with Gasteiger partial charge in [0.1, 0.15) is 4.88 Å². The number of nitrogens with zero attached hydrogens (tertiary/aromatic N) is 2. The number of aryl methyl sites for hydroxylation is 4. The fraction of sp³-hybridized carbons (Fsp3) is 0.431. The molecular formula is C58H66N2O4S8. The first-order valence-electron chi connectivity index (χ1n) is 26.4. The van der Waals surface area contributed by atoms with Crippen molar-refractivity contribution in [1.29, 1.82) is 0 Å². The summed E-state index contributed by atoms with van der Waals surface area (Å²) in [5, 5.41) is 19.9. The molecule has 0 spiro atoms. The molecule has 0 radical (unpaired) electrons. The molecule has 10 aromatic rings. The Hall–Kier alpha value is -3.57. The van der Waals surface area contributed by atoms with Crippen molar-refractivity contribution in [3.8, 4) is 53.8 Å². The van der Waals surface area contributed by atoms with Crippen LogP contribution in [0.3, 0.4) is 0 Å². The third-order valence-corrected chi connectivity index (χ3v) is 24.1. The van der Waals surface area contributed by atoms with Crippen LogP contribution in [0.15, 0.2) is 60.7 Å². The highest BCUT2D eigenvalue weighted by Crippen LogP contribution is 2.53. The van der Waals surface area contributed by atoms with Crippen molar-refractivity contribution in [2.24, 2.45) is 0 Å². The largest absolute Gasteiger partial charge is 0.477 e. The van der Waals surface area contributed by atoms with Gasteiger partial charge in [0.2, 0.25) is 0 Å². The van der Waals surface area contributed by atoms with E-state index in [0.717, 1.165) is 47.2 Å². The summed E-state index contributed by atoms with van der Waals surface area (Å²) >= 11 is 14.7. The fourth-order valence-corrected chi connectivity index (χ4v) is 19.7. The van der Waals surface area contributed by atoms with E-state index in [9.17, 15) is 15.0 Å². The average molecular weight is 1110 g/mol. The van der Waals surface area contributed by atoms with Crippen molar-refractivity contribution < 1.29 is 19.7 Å². The molecule has 72 heavy (non-hydrogen) atoms. The SMILES string of the molecule is CCCCCCc1cc(-c2cc(CCCCCC)c(-c3cc4c(s3)c3sc(-c5ccc(C(=O)O)s5)cc3n4CCCCCC)s2)sc1-c1cc2c(s1)c1sc(-c3ccc(OCO)s3)cc1n2CCCCCC. The maximum absolute atomic E-state index is 11.8. The van der Waals surface area contributed by atoms with Crippen LogP contribution in [0.2, 0.25) is 0 Å². The van der Waals surface area contributed by atoms with Gasteiger partial charge in [-0.15, -0.1) is 79.4 Å². The molecule has 2 N–H and O–H groups in total. The zero-order valence-corrected chi connectivity index (χ0v) is 48.5. The lowest BCUT2D eigenvalue weighted by Crippen LogP contribution is -1.96. The van der Waals surface area contributed by atoms with E-state index in [0.29, 0.717) is 4.88 Å². The number of aromatic carboxylic acids is 1. The quantitative estimate of drug-likeness (QED) is 0.0378. The normalized spacial score (nSPS) is 12.1. The van der Waals surface area contributed by atoms with Crippen molar-refractivity contribution in [2.75, 3.05) is 6.79 Å². The second kappa shape index (κ2) is 24.0. The molecule has 0 fully saturated rings. The number of aromatic nitrogens is 2. The molecule has 10 aromatic heterocycles. The summed E-state index contributed by atoms with van der Waals surface area (Å²) in [7, 11) is 0. The van der Waals surface area contributed by atoms with Crippen LogP contribution in [-0.2, 0) is 25.9 Å². The standard InChI is InChI=1S/C58H66N2O4S8/c1-5-9-13-17-21-36-29-45(67-52(36)49-33-40-56(71-49)54-38(59(40)27-19-15-11-7-3)31-47(69-54)42-23-24-44(65-42)58(62)63)46-30-37(22-18-14-10-6-2)53(68-46)50-34-41-57(72-50)55-39(60(41)28-20-16-12-8-4)32-48(70-55)43-25-26-51(66-43)64-35-61/h23-26,29-34,61H,5-22,27-28,35H2,1-4H3,(H,62,63). The van der Waals surface area contributed by atoms with E-state index in [4.69, 9.17) is 4.74 Å². The van der Waals surface area contributed by atoms with Crippen LogP contribution < -0.4 is 4.74 Å². The van der Waals surface area contributed by atoms with E-state index in [1.165, 1.54) is 199 Å². The average Bonchev–Trinajstić information content (AvgIpc) is 4.22. The molecule has 10 heterocycles. The number of carbonyl (C=O) groups is 1. The number of fused-ring (bicyclic) bond motifs is 6. The van der Waals surface area contributed by atoms with Gasteiger partial charge >= 0.3 is 5.97 Å². The second-order valence-electron chi connectivity index (χ2n) is 19.1. The van der Waals surface area contributed by atoms with E-state index in [1.807, 2.05) is 80.2 Å². The topological polar surface area (TPSA) is 76.6 Å². The predicted molar refractivity (Wildman–Crippen MR) is 321 cm³/mol. The van der Waals surface area contributed by atoms with Crippen LogP contribution in [0, 0.1) is 0 Å². The first-order chi connectivity index (χ1) is 35.3. The Kier molecular flexibility index (Phi) is 17.3. The number of hydrogen-bond acceptors (Lipinski definition) is 11. The van der Waals surface area contributed by atoms with Crippen LogP contribution in [0.4, 0.5) is 0 Å². The van der Waals surface area contributed by atoms with E-state index in [1.54, 1.807) is 17.4 Å². The third-order valence-electron chi connectivity index (χ3n) is 13.9. The molecule has 0 aliphatic rings. The minimum absolute atomic E-state index is 0.309. The number of thiophene rings is 8. The Morgan fingerprint density at radius 3 is 1.28 bits per heavy atom. The lowest BCUT2D eigenvalue weighted by molar-refractivity contribution is 0.0702. The maximum Gasteiger partial charge on any atom is 0.345 e. The van der Waals surface area contributed by atoms with Crippen molar-refractivity contribution >= 4 is 138 Å². The number of carboxylic acid groups (broad SMARTS) is 1. The summed E-state index contributed by atoms with van der Waals surface area (Å²) in [5.74, 6) is -0.858. The highest BCUT2D eigenvalue weighted by Gasteiger charge is 2.25. The molecular weight excluding hydrogens is 1050 g/mol. The third kappa shape index (κ3) is 10.9. The lowest BCUT2D eigenvalue weighted by Gasteiger charge is -2.06.